The van der Waals surface area contributed by atoms with Gasteiger partial charge in [-0.1, -0.05) is 0 Å². The highest BCUT2D eigenvalue weighted by Gasteiger charge is 2.43. The monoisotopic (exact) mass is 166 g/mol. The average molecular weight is 166 g/mol. The van der Waals surface area contributed by atoms with Crippen LogP contribution in [0.2, 0.25) is 0 Å². The van der Waals surface area contributed by atoms with Gasteiger partial charge in [-0.05, 0) is 27.9 Å². The summed E-state index contributed by atoms with van der Waals surface area (Å²) in [5.41, 5.74) is -1.76. The predicted octanol–water partition coefficient (Wildman–Crippen LogP) is -0.0102. The molecule has 0 rings (SSSR count). The third-order valence-corrected chi connectivity index (χ3v) is 2.45. The van der Waals surface area contributed by atoms with Crippen LogP contribution >= 0.6 is 0 Å². The lowest BCUT2D eigenvalue weighted by atomic mass is 9.82. The van der Waals surface area contributed by atoms with E-state index in [2.05, 4.69) is 22.8 Å². The summed E-state index contributed by atoms with van der Waals surface area (Å²) in [6.07, 6.45) is 0. The molecule has 0 aliphatic heterocycles. The van der Waals surface area contributed by atoms with Gasteiger partial charge in [0.15, 0.2) is 0 Å². The van der Waals surface area contributed by atoms with Crippen molar-refractivity contribution in [3.63, 3.8) is 0 Å². The van der Waals surface area contributed by atoms with Crippen LogP contribution in [-0.2, 0) is 0 Å². The van der Waals surface area contributed by atoms with Crippen molar-refractivity contribution in [2.45, 2.75) is 24.9 Å². The first-order valence-electron chi connectivity index (χ1n) is 3.70. The van der Waals surface area contributed by atoms with Crippen LogP contribution in [0.15, 0.2) is 0 Å². The van der Waals surface area contributed by atoms with Crippen LogP contribution in [0, 0.1) is 22.7 Å². The van der Waals surface area contributed by atoms with Crippen LogP contribution in [0.5, 0.6) is 0 Å². The van der Waals surface area contributed by atoms with Gasteiger partial charge in [0.25, 0.3) is 0 Å². The van der Waals surface area contributed by atoms with Crippen molar-refractivity contribution in [3.05, 3.63) is 0 Å². The van der Waals surface area contributed by atoms with Gasteiger partial charge in [0.2, 0.25) is 0 Å². The standard InChI is InChI=1S/C8H14N4/c1-7(5-9,11-3)8(2,6-10)12-4/h11-12H,1-4H3. The van der Waals surface area contributed by atoms with Gasteiger partial charge < -0.3 is 10.6 Å². The Morgan fingerprint density at radius 2 is 1.17 bits per heavy atom. The van der Waals surface area contributed by atoms with Crippen LogP contribution < -0.4 is 10.6 Å². The number of hydrogen-bond acceptors (Lipinski definition) is 4. The third-order valence-electron chi connectivity index (χ3n) is 2.45. The molecule has 0 radical (unpaired) electrons. The van der Waals surface area contributed by atoms with Crippen molar-refractivity contribution < 1.29 is 0 Å². The van der Waals surface area contributed by atoms with Crippen molar-refractivity contribution >= 4 is 0 Å². The summed E-state index contributed by atoms with van der Waals surface area (Å²) >= 11 is 0. The van der Waals surface area contributed by atoms with Crippen molar-refractivity contribution in [1.82, 2.24) is 10.6 Å². The van der Waals surface area contributed by atoms with Gasteiger partial charge in [-0.25, -0.2) is 0 Å². The lowest BCUT2D eigenvalue weighted by Gasteiger charge is -2.35. The first-order chi connectivity index (χ1) is 5.49. The number of hydrogen-bond donors (Lipinski definition) is 2. The van der Waals surface area contributed by atoms with Crippen LogP contribution in [0.3, 0.4) is 0 Å². The Labute approximate surface area is 73.2 Å². The molecular formula is C8H14N4. The molecule has 0 aromatic rings. The van der Waals surface area contributed by atoms with E-state index in [1.165, 1.54) is 0 Å². The molecule has 12 heavy (non-hydrogen) atoms. The maximum Gasteiger partial charge on any atom is 0.135 e. The van der Waals surface area contributed by atoms with E-state index in [-0.39, 0.29) is 0 Å². The van der Waals surface area contributed by atoms with Crippen LogP contribution in [0.25, 0.3) is 0 Å². The SMILES string of the molecule is CNC(C)(C#N)C(C)(C#N)NC. The molecule has 0 saturated carbocycles. The van der Waals surface area contributed by atoms with E-state index in [9.17, 15) is 0 Å². The fraction of sp³-hybridized carbons (Fsp3) is 0.750. The minimum atomic E-state index is -0.878. The molecule has 0 aromatic heterocycles. The largest absolute Gasteiger partial charge is 0.300 e. The lowest BCUT2D eigenvalue weighted by molar-refractivity contribution is 0.299. The second-order valence-corrected chi connectivity index (χ2v) is 2.97. The normalized spacial score (nSPS) is 19.8. The van der Waals surface area contributed by atoms with Crippen molar-refractivity contribution in [2.24, 2.45) is 0 Å². The minimum Gasteiger partial charge on any atom is -0.300 e. The van der Waals surface area contributed by atoms with E-state index < -0.39 is 11.1 Å². The van der Waals surface area contributed by atoms with E-state index in [0.29, 0.717) is 0 Å². The van der Waals surface area contributed by atoms with Gasteiger partial charge in [-0.15, -0.1) is 0 Å². The minimum absolute atomic E-state index is 0.878. The van der Waals surface area contributed by atoms with Crippen LogP contribution in [-0.4, -0.2) is 25.2 Å². The summed E-state index contributed by atoms with van der Waals surface area (Å²) in [4.78, 5) is 0. The Morgan fingerprint density at radius 1 is 0.917 bits per heavy atom. The molecule has 2 unspecified atom stereocenters. The fourth-order valence-corrected chi connectivity index (χ4v) is 0.835. The molecule has 0 fully saturated rings. The van der Waals surface area contributed by atoms with Gasteiger partial charge in [0.05, 0.1) is 12.1 Å². The summed E-state index contributed by atoms with van der Waals surface area (Å²) in [5.74, 6) is 0. The van der Waals surface area contributed by atoms with Gasteiger partial charge in [-0.3, -0.25) is 0 Å². The van der Waals surface area contributed by atoms with Crippen LogP contribution in [0.1, 0.15) is 13.8 Å². The number of nitrogens with one attached hydrogen (secondary N) is 2. The molecule has 0 bridgehead atoms. The molecule has 0 amide bonds. The number of rotatable bonds is 3. The molecule has 0 spiro atoms. The highest BCUT2D eigenvalue weighted by atomic mass is 15.1. The Bertz CT molecular complexity index is 210. The van der Waals surface area contributed by atoms with E-state index in [4.69, 9.17) is 10.5 Å². The maximum atomic E-state index is 8.88. The summed E-state index contributed by atoms with van der Waals surface area (Å²) in [6.45, 7) is 3.37. The van der Waals surface area contributed by atoms with Gasteiger partial charge in [0, 0.05) is 0 Å². The third kappa shape index (κ3) is 1.40. The van der Waals surface area contributed by atoms with E-state index >= 15 is 0 Å². The highest BCUT2D eigenvalue weighted by Crippen LogP contribution is 2.19. The van der Waals surface area contributed by atoms with E-state index in [1.54, 1.807) is 27.9 Å². The van der Waals surface area contributed by atoms with Crippen molar-refractivity contribution in [3.8, 4) is 12.1 Å². The molecule has 4 nitrogen and oxygen atoms in total. The molecule has 0 aliphatic rings. The van der Waals surface area contributed by atoms with Gasteiger partial charge >= 0.3 is 0 Å². The smallest absolute Gasteiger partial charge is 0.135 e. The Morgan fingerprint density at radius 3 is 1.25 bits per heavy atom. The zero-order valence-corrected chi connectivity index (χ0v) is 7.89. The summed E-state index contributed by atoms with van der Waals surface area (Å²) in [7, 11) is 3.33. The second-order valence-electron chi connectivity index (χ2n) is 2.97. The quantitative estimate of drug-likeness (QED) is 0.618. The lowest BCUT2D eigenvalue weighted by Crippen LogP contribution is -2.63. The van der Waals surface area contributed by atoms with Crippen molar-refractivity contribution in [1.29, 1.82) is 10.5 Å². The zero-order chi connectivity index (χ0) is 9.83. The van der Waals surface area contributed by atoms with E-state index in [0.717, 1.165) is 0 Å². The molecule has 0 aromatic carbocycles. The molecule has 0 saturated heterocycles. The maximum absolute atomic E-state index is 8.88. The Balaban J connectivity index is 4.99. The Hall–Kier alpha value is -1.10. The molecule has 2 N–H and O–H groups in total. The first kappa shape index (κ1) is 10.9. The summed E-state index contributed by atoms with van der Waals surface area (Å²) in [6, 6.07) is 4.15. The predicted molar refractivity (Wildman–Crippen MR) is 46.2 cm³/mol. The molecule has 4 heteroatoms. The molecule has 0 aliphatic carbocycles. The average Bonchev–Trinajstić information content (AvgIpc) is 2.15. The van der Waals surface area contributed by atoms with Gasteiger partial charge in [-0.2, -0.15) is 10.5 Å². The van der Waals surface area contributed by atoms with Gasteiger partial charge in [0.1, 0.15) is 11.1 Å². The van der Waals surface area contributed by atoms with E-state index in [1.807, 2.05) is 0 Å². The second kappa shape index (κ2) is 3.53. The number of nitrogens with zero attached hydrogens (tertiary/aromatic N) is 2. The van der Waals surface area contributed by atoms with Crippen LogP contribution in [0.4, 0.5) is 0 Å². The molecule has 0 heterocycles. The topological polar surface area (TPSA) is 71.6 Å². The first-order valence-corrected chi connectivity index (χ1v) is 3.70. The molecular weight excluding hydrogens is 152 g/mol. The number of nitriles is 2. The highest BCUT2D eigenvalue weighted by molar-refractivity contribution is 5.26. The summed E-state index contributed by atoms with van der Waals surface area (Å²) in [5, 5.41) is 23.4. The fourth-order valence-electron chi connectivity index (χ4n) is 0.835. The number of likely N-dealkylation sites (N-methyl/N-ethyl adjacent to an activating group) is 2. The van der Waals surface area contributed by atoms with Crippen molar-refractivity contribution in [2.75, 3.05) is 14.1 Å². The molecule has 66 valence electrons. The summed E-state index contributed by atoms with van der Waals surface area (Å²) < 4.78 is 0. The zero-order valence-electron chi connectivity index (χ0n) is 7.89. The Kier molecular flexibility index (Phi) is 3.21. The molecule has 2 atom stereocenters.